The van der Waals surface area contributed by atoms with Gasteiger partial charge in [0.05, 0.1) is 6.61 Å². The van der Waals surface area contributed by atoms with Crippen molar-refractivity contribution in [3.05, 3.63) is 71.3 Å². The second-order valence-electron chi connectivity index (χ2n) is 5.81. The highest BCUT2D eigenvalue weighted by atomic mass is 16.5. The van der Waals surface area contributed by atoms with Gasteiger partial charge in [0.15, 0.2) is 0 Å². The largest absolute Gasteiger partial charge is 0.493 e. The molecule has 3 nitrogen and oxygen atoms in total. The molecular formula is C22H23NO2. The van der Waals surface area contributed by atoms with Gasteiger partial charge in [-0.2, -0.15) is 5.26 Å². The van der Waals surface area contributed by atoms with Crippen LogP contribution >= 0.6 is 0 Å². The van der Waals surface area contributed by atoms with E-state index in [1.54, 1.807) is 30.3 Å². The number of rotatable bonds is 9. The number of Topliss-reactive ketones (excluding diaryl/α,β-unsaturated/α-hetero) is 1. The zero-order valence-electron chi connectivity index (χ0n) is 14.6. The van der Waals surface area contributed by atoms with Crippen LogP contribution in [0.3, 0.4) is 0 Å². The molecule has 0 heterocycles. The van der Waals surface area contributed by atoms with Gasteiger partial charge in [0.1, 0.15) is 17.4 Å². The minimum atomic E-state index is -0.277. The van der Waals surface area contributed by atoms with Crippen molar-refractivity contribution in [1.29, 1.82) is 5.26 Å². The summed E-state index contributed by atoms with van der Waals surface area (Å²) in [6.45, 7) is 2.81. The molecule has 0 aliphatic rings. The fourth-order valence-corrected chi connectivity index (χ4v) is 2.49. The van der Waals surface area contributed by atoms with Crippen LogP contribution in [0.25, 0.3) is 6.08 Å². The van der Waals surface area contributed by atoms with Crippen molar-refractivity contribution in [3.63, 3.8) is 0 Å². The van der Waals surface area contributed by atoms with Crippen LogP contribution < -0.4 is 4.74 Å². The molecule has 0 aliphatic heterocycles. The smallest absolute Gasteiger partial charge is 0.203 e. The molecule has 0 fully saturated rings. The third-order valence-corrected chi connectivity index (χ3v) is 3.88. The van der Waals surface area contributed by atoms with Crippen molar-refractivity contribution in [2.75, 3.05) is 6.61 Å². The standard InChI is InChI=1S/C22H23NO2/c1-2-3-4-10-15-25-21-14-9-8-13-19(21)16-20(17-23)22(24)18-11-6-5-7-12-18/h5-9,11-14,16H,2-4,10,15H2,1H3. The molecule has 2 aromatic rings. The first-order valence-electron chi connectivity index (χ1n) is 8.69. The molecule has 0 atom stereocenters. The van der Waals surface area contributed by atoms with Crippen LogP contribution in [-0.4, -0.2) is 12.4 Å². The summed E-state index contributed by atoms with van der Waals surface area (Å²) in [4.78, 5) is 12.5. The van der Waals surface area contributed by atoms with E-state index in [4.69, 9.17) is 4.74 Å². The topological polar surface area (TPSA) is 50.1 Å². The molecule has 0 bridgehead atoms. The van der Waals surface area contributed by atoms with Gasteiger partial charge < -0.3 is 4.74 Å². The lowest BCUT2D eigenvalue weighted by molar-refractivity contribution is 0.104. The van der Waals surface area contributed by atoms with Gasteiger partial charge >= 0.3 is 0 Å². The van der Waals surface area contributed by atoms with E-state index in [1.165, 1.54) is 12.8 Å². The predicted molar refractivity (Wildman–Crippen MR) is 100 cm³/mol. The molecule has 0 N–H and O–H groups in total. The van der Waals surface area contributed by atoms with E-state index in [1.807, 2.05) is 36.4 Å². The summed E-state index contributed by atoms with van der Waals surface area (Å²) < 4.78 is 5.85. The summed E-state index contributed by atoms with van der Waals surface area (Å²) in [6.07, 6.45) is 6.14. The molecule has 0 radical (unpaired) electrons. The van der Waals surface area contributed by atoms with Crippen molar-refractivity contribution < 1.29 is 9.53 Å². The van der Waals surface area contributed by atoms with Crippen LogP contribution in [0, 0.1) is 11.3 Å². The number of unbranched alkanes of at least 4 members (excludes halogenated alkanes) is 3. The summed E-state index contributed by atoms with van der Waals surface area (Å²) >= 11 is 0. The van der Waals surface area contributed by atoms with Crippen molar-refractivity contribution in [2.45, 2.75) is 32.6 Å². The third kappa shape index (κ3) is 5.61. The van der Waals surface area contributed by atoms with Gasteiger partial charge in [0, 0.05) is 11.1 Å². The molecule has 128 valence electrons. The Balaban J connectivity index is 2.15. The van der Waals surface area contributed by atoms with E-state index in [2.05, 4.69) is 6.92 Å². The van der Waals surface area contributed by atoms with Crippen LogP contribution in [0.2, 0.25) is 0 Å². The van der Waals surface area contributed by atoms with Crippen LogP contribution in [0.5, 0.6) is 5.75 Å². The number of nitrogens with zero attached hydrogens (tertiary/aromatic N) is 1. The van der Waals surface area contributed by atoms with E-state index >= 15 is 0 Å². The molecule has 0 saturated carbocycles. The van der Waals surface area contributed by atoms with Crippen molar-refractivity contribution in [1.82, 2.24) is 0 Å². The van der Waals surface area contributed by atoms with Gasteiger partial charge in [-0.1, -0.05) is 74.7 Å². The number of benzene rings is 2. The molecular weight excluding hydrogens is 310 g/mol. The fourth-order valence-electron chi connectivity index (χ4n) is 2.49. The van der Waals surface area contributed by atoms with Crippen molar-refractivity contribution >= 4 is 11.9 Å². The lowest BCUT2D eigenvalue weighted by atomic mass is 10.0. The first kappa shape index (κ1) is 18.5. The quantitative estimate of drug-likeness (QED) is 0.266. The van der Waals surface area contributed by atoms with E-state index < -0.39 is 0 Å². The van der Waals surface area contributed by atoms with E-state index in [0.29, 0.717) is 17.9 Å². The lowest BCUT2D eigenvalue weighted by Gasteiger charge is -2.09. The number of para-hydroxylation sites is 1. The monoisotopic (exact) mass is 333 g/mol. The molecule has 0 saturated heterocycles. The van der Waals surface area contributed by atoms with Gasteiger partial charge in [-0.05, 0) is 18.6 Å². The number of ketones is 1. The SMILES string of the molecule is CCCCCCOc1ccccc1C=C(C#N)C(=O)c1ccccc1. The number of carbonyl (C=O) groups is 1. The Bertz CT molecular complexity index is 757. The van der Waals surface area contributed by atoms with Gasteiger partial charge in [-0.15, -0.1) is 0 Å². The molecule has 2 rings (SSSR count). The van der Waals surface area contributed by atoms with Gasteiger partial charge in [-0.3, -0.25) is 4.79 Å². The Hall–Kier alpha value is -2.86. The molecule has 2 aromatic carbocycles. The summed E-state index contributed by atoms with van der Waals surface area (Å²) in [5.74, 6) is 0.424. The normalized spacial score (nSPS) is 11.0. The van der Waals surface area contributed by atoms with Crippen LogP contribution in [0.15, 0.2) is 60.2 Å². The second-order valence-corrected chi connectivity index (χ2v) is 5.81. The predicted octanol–water partition coefficient (Wildman–Crippen LogP) is 5.44. The third-order valence-electron chi connectivity index (χ3n) is 3.88. The number of hydrogen-bond donors (Lipinski definition) is 0. The summed E-state index contributed by atoms with van der Waals surface area (Å²) in [6, 6.07) is 18.3. The minimum absolute atomic E-state index is 0.105. The van der Waals surface area contributed by atoms with Crippen LogP contribution in [0.4, 0.5) is 0 Å². The molecule has 0 amide bonds. The zero-order valence-corrected chi connectivity index (χ0v) is 14.6. The van der Waals surface area contributed by atoms with Gasteiger partial charge in [0.25, 0.3) is 0 Å². The molecule has 3 heteroatoms. The maximum absolute atomic E-state index is 12.5. The Morgan fingerprint density at radius 3 is 2.48 bits per heavy atom. The Kier molecular flexibility index (Phi) is 7.46. The molecule has 0 unspecified atom stereocenters. The number of allylic oxidation sites excluding steroid dienone is 1. The average Bonchev–Trinajstić information content (AvgIpc) is 2.67. The lowest BCUT2D eigenvalue weighted by Crippen LogP contribution is -2.02. The van der Waals surface area contributed by atoms with Gasteiger partial charge in [-0.25, -0.2) is 0 Å². The van der Waals surface area contributed by atoms with Crippen molar-refractivity contribution in [2.24, 2.45) is 0 Å². The van der Waals surface area contributed by atoms with E-state index in [-0.39, 0.29) is 11.4 Å². The Morgan fingerprint density at radius 1 is 1.04 bits per heavy atom. The number of carbonyl (C=O) groups excluding carboxylic acids is 1. The molecule has 0 aromatic heterocycles. The molecule has 0 spiro atoms. The second kappa shape index (κ2) is 10.1. The molecule has 0 aliphatic carbocycles. The zero-order chi connectivity index (χ0) is 17.9. The first-order valence-corrected chi connectivity index (χ1v) is 8.69. The molecule has 25 heavy (non-hydrogen) atoms. The van der Waals surface area contributed by atoms with Crippen molar-refractivity contribution in [3.8, 4) is 11.8 Å². The fraction of sp³-hybridized carbons (Fsp3) is 0.273. The number of ether oxygens (including phenoxy) is 1. The maximum Gasteiger partial charge on any atom is 0.203 e. The average molecular weight is 333 g/mol. The highest BCUT2D eigenvalue weighted by molar-refractivity contribution is 6.14. The number of nitriles is 1. The van der Waals surface area contributed by atoms with E-state index in [0.717, 1.165) is 18.4 Å². The number of hydrogen-bond acceptors (Lipinski definition) is 3. The highest BCUT2D eigenvalue weighted by Crippen LogP contribution is 2.22. The first-order chi connectivity index (χ1) is 12.3. The maximum atomic E-state index is 12.5. The van der Waals surface area contributed by atoms with Crippen LogP contribution in [-0.2, 0) is 0 Å². The minimum Gasteiger partial charge on any atom is -0.493 e. The van der Waals surface area contributed by atoms with Crippen LogP contribution in [0.1, 0.15) is 48.5 Å². The summed E-state index contributed by atoms with van der Waals surface area (Å²) in [7, 11) is 0. The Morgan fingerprint density at radius 2 is 1.76 bits per heavy atom. The summed E-state index contributed by atoms with van der Waals surface area (Å²) in [5, 5.41) is 9.40. The van der Waals surface area contributed by atoms with E-state index in [9.17, 15) is 10.1 Å². The van der Waals surface area contributed by atoms with Gasteiger partial charge in [0.2, 0.25) is 5.78 Å². The summed E-state index contributed by atoms with van der Waals surface area (Å²) in [5.41, 5.74) is 1.36. The Labute approximate surface area is 149 Å². The highest BCUT2D eigenvalue weighted by Gasteiger charge is 2.12.